The van der Waals surface area contributed by atoms with Crippen molar-refractivity contribution in [3.05, 3.63) is 113 Å². The smallest absolute Gasteiger partial charge is 0.352 e. The molecule has 37 heavy (non-hydrogen) atoms. The van der Waals surface area contributed by atoms with Gasteiger partial charge in [-0.3, -0.25) is 9.69 Å². The number of aryl methyl sites for hydroxylation is 1. The number of hydrogen-bond acceptors (Lipinski definition) is 7. The second-order valence-electron chi connectivity index (χ2n) is 8.48. The molecule has 1 unspecified atom stereocenters. The highest BCUT2D eigenvalue weighted by atomic mass is 35.5. The Hall–Kier alpha value is -4.01. The second kappa shape index (κ2) is 9.46. The molecule has 0 radical (unpaired) electrons. The summed E-state index contributed by atoms with van der Waals surface area (Å²) in [5, 5.41) is 7.97. The summed E-state index contributed by atoms with van der Waals surface area (Å²) in [5.74, 6) is 1.07. The van der Waals surface area contributed by atoms with E-state index < -0.39 is 5.18 Å². The zero-order valence-electron chi connectivity index (χ0n) is 19.7. The van der Waals surface area contributed by atoms with Crippen LogP contribution in [0.4, 0.5) is 11.4 Å². The minimum absolute atomic E-state index is 0.144. The predicted octanol–water partition coefficient (Wildman–Crippen LogP) is 6.40. The lowest BCUT2D eigenvalue weighted by molar-refractivity contribution is -0.118. The van der Waals surface area contributed by atoms with E-state index in [1.54, 1.807) is 17.0 Å². The third-order valence-electron chi connectivity index (χ3n) is 6.09. The van der Waals surface area contributed by atoms with E-state index in [1.807, 2.05) is 96.8 Å². The van der Waals surface area contributed by atoms with Crippen LogP contribution in [-0.4, -0.2) is 27.8 Å². The van der Waals surface area contributed by atoms with Crippen molar-refractivity contribution < 1.29 is 14.2 Å². The first-order chi connectivity index (χ1) is 18.1. The van der Waals surface area contributed by atoms with E-state index in [-0.39, 0.29) is 11.7 Å². The third-order valence-corrected chi connectivity index (χ3v) is 7.54. The zero-order valence-corrected chi connectivity index (χ0v) is 21.3. The van der Waals surface area contributed by atoms with Crippen LogP contribution in [0.15, 0.2) is 94.6 Å². The maximum atomic E-state index is 13.5. The highest BCUT2D eigenvalue weighted by Crippen LogP contribution is 2.50. The first kappa shape index (κ1) is 23.4. The zero-order chi connectivity index (χ0) is 25.4. The van der Waals surface area contributed by atoms with Crippen molar-refractivity contribution in [1.82, 2.24) is 5.16 Å². The van der Waals surface area contributed by atoms with Crippen LogP contribution in [0, 0.1) is 6.92 Å². The lowest BCUT2D eigenvalue weighted by atomic mass is 10.1. The Morgan fingerprint density at radius 1 is 0.946 bits per heavy atom. The average molecular weight is 529 g/mol. The van der Waals surface area contributed by atoms with E-state index in [1.165, 1.54) is 11.8 Å². The van der Waals surface area contributed by atoms with Crippen LogP contribution in [0.25, 0.3) is 12.2 Å². The molecule has 2 aliphatic rings. The van der Waals surface area contributed by atoms with Crippen molar-refractivity contribution in [2.45, 2.75) is 12.1 Å². The van der Waals surface area contributed by atoms with Crippen LogP contribution in [0.1, 0.15) is 22.6 Å². The number of carbonyl (C=O) groups is 1. The molecule has 1 amide bonds. The summed E-state index contributed by atoms with van der Waals surface area (Å²) in [6, 6.07) is 26.9. The van der Waals surface area contributed by atoms with Gasteiger partial charge in [-0.15, -0.1) is 0 Å². The Balaban J connectivity index is 1.48. The molecule has 3 heterocycles. The first-order valence-electron chi connectivity index (χ1n) is 11.6. The molecule has 1 fully saturated rings. The van der Waals surface area contributed by atoms with Gasteiger partial charge in [-0.1, -0.05) is 100 Å². The van der Waals surface area contributed by atoms with Gasteiger partial charge in [0.15, 0.2) is 11.6 Å². The van der Waals surface area contributed by atoms with Crippen LogP contribution in [0.2, 0.25) is 5.02 Å². The molecular weight excluding hydrogens is 508 g/mol. The summed E-state index contributed by atoms with van der Waals surface area (Å²) >= 11 is 7.55. The molecule has 1 spiro atoms. The van der Waals surface area contributed by atoms with Gasteiger partial charge in [-0.25, -0.2) is 4.90 Å². The van der Waals surface area contributed by atoms with Gasteiger partial charge in [0.05, 0.1) is 5.75 Å². The van der Waals surface area contributed by atoms with Gasteiger partial charge < -0.3 is 9.36 Å². The fraction of sp³-hybridized carbons (Fsp3) is 0.107. The van der Waals surface area contributed by atoms with E-state index in [4.69, 9.17) is 21.0 Å². The molecule has 1 aromatic heterocycles. The Morgan fingerprint density at radius 3 is 2.38 bits per heavy atom. The van der Waals surface area contributed by atoms with Crippen molar-refractivity contribution in [1.29, 1.82) is 0 Å². The molecule has 7 nitrogen and oxygen atoms in total. The predicted molar refractivity (Wildman–Crippen MR) is 147 cm³/mol. The highest BCUT2D eigenvalue weighted by Gasteiger charge is 2.61. The van der Waals surface area contributed by atoms with E-state index in [9.17, 15) is 4.79 Å². The maximum Gasteiger partial charge on any atom is 0.352 e. The normalized spacial score (nSPS) is 19.2. The van der Waals surface area contributed by atoms with E-state index >= 15 is 0 Å². The Labute approximate surface area is 222 Å². The third kappa shape index (κ3) is 4.08. The van der Waals surface area contributed by atoms with Crippen molar-refractivity contribution in [2.75, 3.05) is 15.6 Å². The summed E-state index contributed by atoms with van der Waals surface area (Å²) in [5.41, 5.74) is 3.71. The molecule has 0 N–H and O–H groups in total. The number of oxime groups is 1. The monoisotopic (exact) mass is 528 g/mol. The first-order valence-corrected chi connectivity index (χ1v) is 13.0. The molecule has 9 heteroatoms. The van der Waals surface area contributed by atoms with Crippen LogP contribution in [0.3, 0.4) is 0 Å². The van der Waals surface area contributed by atoms with Crippen molar-refractivity contribution in [3.8, 4) is 0 Å². The van der Waals surface area contributed by atoms with Crippen LogP contribution in [0.5, 0.6) is 0 Å². The van der Waals surface area contributed by atoms with E-state index in [0.717, 1.165) is 16.8 Å². The lowest BCUT2D eigenvalue weighted by Gasteiger charge is -2.38. The molecule has 6 rings (SSSR count). The van der Waals surface area contributed by atoms with Gasteiger partial charge in [0.2, 0.25) is 5.91 Å². The molecular formula is C28H21ClN4O3S. The molecule has 0 bridgehead atoms. The van der Waals surface area contributed by atoms with Crippen LogP contribution in [-0.2, 0) is 9.63 Å². The summed E-state index contributed by atoms with van der Waals surface area (Å²) in [4.78, 5) is 23.2. The molecule has 0 aliphatic carbocycles. The molecule has 184 valence electrons. The maximum absolute atomic E-state index is 13.5. The number of rotatable bonds is 5. The van der Waals surface area contributed by atoms with Crippen molar-refractivity contribution >= 4 is 58.6 Å². The number of carbonyl (C=O) groups excluding carboxylic acids is 1. The van der Waals surface area contributed by atoms with Gasteiger partial charge in [-0.2, -0.15) is 0 Å². The number of amidine groups is 1. The molecule has 2 aliphatic heterocycles. The van der Waals surface area contributed by atoms with Gasteiger partial charge in [0.25, 0.3) is 0 Å². The standard InChI is InChI=1S/C28H21ClN4O3S/c1-19-26(24(35-30-19)17-12-20-8-4-2-5-9-20)33-25(34)18-37-28(33)32(23-15-13-22(29)14-16-23)27(31-36-28)21-10-6-3-7-11-21/h2-17H,18H2,1H3/b17-12+. The van der Waals surface area contributed by atoms with E-state index in [0.29, 0.717) is 28.0 Å². The molecule has 3 aromatic carbocycles. The summed E-state index contributed by atoms with van der Waals surface area (Å²) in [6.45, 7) is 1.81. The number of halogens is 1. The van der Waals surface area contributed by atoms with Gasteiger partial charge in [0, 0.05) is 16.3 Å². The summed E-state index contributed by atoms with van der Waals surface area (Å²) in [7, 11) is 0. The molecule has 0 saturated carbocycles. The second-order valence-corrected chi connectivity index (χ2v) is 10.0. The highest BCUT2D eigenvalue weighted by molar-refractivity contribution is 8.02. The molecule has 4 aromatic rings. The quantitative estimate of drug-likeness (QED) is 0.298. The number of amides is 1. The van der Waals surface area contributed by atoms with Gasteiger partial charge >= 0.3 is 5.18 Å². The number of benzene rings is 3. The van der Waals surface area contributed by atoms with Crippen LogP contribution >= 0.6 is 23.4 Å². The number of anilines is 2. The fourth-order valence-electron chi connectivity index (χ4n) is 4.40. The van der Waals surface area contributed by atoms with Crippen molar-refractivity contribution in [3.63, 3.8) is 0 Å². The minimum atomic E-state index is -1.32. The minimum Gasteiger partial charge on any atom is -0.354 e. The SMILES string of the molecule is Cc1noc(/C=C/c2ccccc2)c1N1C(=O)CSC12ON=C(c1ccccc1)N2c1ccc(Cl)cc1. The summed E-state index contributed by atoms with van der Waals surface area (Å²) < 4.78 is 5.68. The van der Waals surface area contributed by atoms with E-state index in [2.05, 4.69) is 10.3 Å². The molecule has 1 atom stereocenters. The Morgan fingerprint density at radius 2 is 1.65 bits per heavy atom. The lowest BCUT2D eigenvalue weighted by Crippen LogP contribution is -2.57. The largest absolute Gasteiger partial charge is 0.354 e. The summed E-state index contributed by atoms with van der Waals surface area (Å²) in [6.07, 6.45) is 3.73. The Kier molecular flexibility index (Phi) is 5.98. The topological polar surface area (TPSA) is 71.2 Å². The van der Waals surface area contributed by atoms with Gasteiger partial charge in [-0.05, 0) is 42.8 Å². The van der Waals surface area contributed by atoms with Crippen LogP contribution < -0.4 is 9.80 Å². The average Bonchev–Trinajstić information content (AvgIpc) is 3.59. The number of hydrogen-bond donors (Lipinski definition) is 0. The Bertz CT molecular complexity index is 1510. The molecule has 1 saturated heterocycles. The fourth-order valence-corrected chi connectivity index (χ4v) is 5.70. The van der Waals surface area contributed by atoms with Crippen molar-refractivity contribution in [2.24, 2.45) is 5.16 Å². The number of nitrogens with zero attached hydrogens (tertiary/aromatic N) is 4. The number of thioether (sulfide) groups is 1. The van der Waals surface area contributed by atoms with Gasteiger partial charge in [0.1, 0.15) is 11.4 Å². The number of aromatic nitrogens is 1.